The molecular weight excluding hydrogens is 414 g/mol. The Morgan fingerprint density at radius 1 is 1.29 bits per heavy atom. The minimum atomic E-state index is -0.719. The Bertz CT molecular complexity index is 1310. The second-order valence-electron chi connectivity index (χ2n) is 7.30. The van der Waals surface area contributed by atoms with Crippen molar-refractivity contribution in [3.05, 3.63) is 84.9 Å². The molecule has 7 nitrogen and oxygen atoms in total. The van der Waals surface area contributed by atoms with Crippen molar-refractivity contribution in [3.63, 3.8) is 0 Å². The van der Waals surface area contributed by atoms with Crippen molar-refractivity contribution in [1.29, 1.82) is 0 Å². The lowest BCUT2D eigenvalue weighted by molar-refractivity contribution is -0.139. The molecule has 0 saturated heterocycles. The Morgan fingerprint density at radius 2 is 2.03 bits per heavy atom. The average Bonchev–Trinajstić information content (AvgIpc) is 3.36. The van der Waals surface area contributed by atoms with E-state index in [4.69, 9.17) is 9.15 Å². The van der Waals surface area contributed by atoms with E-state index in [9.17, 15) is 9.59 Å². The highest BCUT2D eigenvalue weighted by molar-refractivity contribution is 7.07. The van der Waals surface area contributed by atoms with Gasteiger partial charge in [-0.2, -0.15) is 0 Å². The Balaban J connectivity index is 1.87. The van der Waals surface area contributed by atoms with Crippen LogP contribution in [0.15, 0.2) is 68.1 Å². The highest BCUT2D eigenvalue weighted by Gasteiger charge is 2.34. The molecule has 4 rings (SSSR count). The van der Waals surface area contributed by atoms with E-state index in [1.807, 2.05) is 49.3 Å². The van der Waals surface area contributed by atoms with Crippen LogP contribution in [0.2, 0.25) is 0 Å². The number of allylic oxidation sites excluding steroid dienone is 1. The minimum Gasteiger partial charge on any atom is -0.467 e. The highest BCUT2D eigenvalue weighted by atomic mass is 32.1. The van der Waals surface area contributed by atoms with E-state index in [-0.39, 0.29) is 12.2 Å². The molecule has 1 aliphatic rings. The van der Waals surface area contributed by atoms with Crippen LogP contribution in [-0.4, -0.2) is 31.2 Å². The van der Waals surface area contributed by atoms with Crippen molar-refractivity contribution in [2.75, 3.05) is 25.6 Å². The third kappa shape index (κ3) is 3.86. The molecule has 1 aliphatic heterocycles. The van der Waals surface area contributed by atoms with Gasteiger partial charge in [-0.3, -0.25) is 9.36 Å². The summed E-state index contributed by atoms with van der Waals surface area (Å²) in [4.78, 5) is 33.2. The maximum atomic E-state index is 13.4. The number of hydrogen-bond donors (Lipinski definition) is 0. The molecule has 0 spiro atoms. The second-order valence-corrected chi connectivity index (χ2v) is 8.31. The zero-order chi connectivity index (χ0) is 22.1. The number of aromatic nitrogens is 1. The number of carbonyl (C=O) groups excluding carboxylic acids is 1. The lowest BCUT2D eigenvalue weighted by atomic mass is 10.0. The number of esters is 1. The number of fused-ring (bicyclic) bond motifs is 1. The van der Waals surface area contributed by atoms with Crippen LogP contribution in [0.4, 0.5) is 5.69 Å². The summed E-state index contributed by atoms with van der Waals surface area (Å²) in [5.74, 6) is -0.0148. The molecule has 0 saturated carbocycles. The van der Waals surface area contributed by atoms with Gasteiger partial charge >= 0.3 is 5.97 Å². The van der Waals surface area contributed by atoms with Crippen molar-refractivity contribution in [3.8, 4) is 0 Å². The molecule has 1 atom stereocenters. The fourth-order valence-corrected chi connectivity index (χ4v) is 4.57. The molecule has 0 amide bonds. The summed E-state index contributed by atoms with van der Waals surface area (Å²) in [6.07, 6.45) is 3.36. The van der Waals surface area contributed by atoms with Crippen LogP contribution in [-0.2, 0) is 9.53 Å². The summed E-state index contributed by atoms with van der Waals surface area (Å²) < 4.78 is 12.9. The van der Waals surface area contributed by atoms with Gasteiger partial charge in [-0.25, -0.2) is 9.79 Å². The van der Waals surface area contributed by atoms with Gasteiger partial charge in [0.1, 0.15) is 11.8 Å². The lowest BCUT2D eigenvalue weighted by Gasteiger charge is -2.22. The van der Waals surface area contributed by atoms with E-state index >= 15 is 0 Å². The maximum absolute atomic E-state index is 13.4. The van der Waals surface area contributed by atoms with Crippen LogP contribution < -0.4 is 19.8 Å². The molecule has 31 heavy (non-hydrogen) atoms. The molecule has 0 bridgehead atoms. The maximum Gasteiger partial charge on any atom is 0.338 e. The Morgan fingerprint density at radius 3 is 2.65 bits per heavy atom. The van der Waals surface area contributed by atoms with E-state index in [0.717, 1.165) is 11.3 Å². The second kappa shape index (κ2) is 8.39. The van der Waals surface area contributed by atoms with Crippen LogP contribution in [0.1, 0.15) is 31.2 Å². The molecule has 3 heterocycles. The number of ether oxygens (including phenoxy) is 1. The number of nitrogens with zero attached hydrogens (tertiary/aromatic N) is 3. The number of benzene rings is 1. The lowest BCUT2D eigenvalue weighted by Crippen LogP contribution is -2.39. The Hall–Kier alpha value is -3.39. The number of thiazole rings is 1. The predicted molar refractivity (Wildman–Crippen MR) is 120 cm³/mol. The first-order valence-electron chi connectivity index (χ1n) is 9.91. The fourth-order valence-electron chi connectivity index (χ4n) is 3.53. The van der Waals surface area contributed by atoms with Crippen molar-refractivity contribution < 1.29 is 13.9 Å². The third-order valence-electron chi connectivity index (χ3n) is 5.04. The number of carbonyl (C=O) groups is 1. The van der Waals surface area contributed by atoms with Gasteiger partial charge in [0.25, 0.3) is 5.56 Å². The molecule has 2 aromatic heterocycles. The minimum absolute atomic E-state index is 0.226. The van der Waals surface area contributed by atoms with Crippen LogP contribution in [0.3, 0.4) is 0 Å². The Labute approximate surface area is 183 Å². The molecule has 0 N–H and O–H groups in total. The number of hydrogen-bond acceptors (Lipinski definition) is 7. The molecule has 0 fully saturated rings. The van der Waals surface area contributed by atoms with Crippen molar-refractivity contribution in [2.45, 2.75) is 19.9 Å². The predicted octanol–water partition coefficient (Wildman–Crippen LogP) is 2.46. The van der Waals surface area contributed by atoms with Crippen LogP contribution in [0.25, 0.3) is 6.08 Å². The van der Waals surface area contributed by atoms with Gasteiger partial charge in [-0.05, 0) is 49.8 Å². The number of rotatable bonds is 5. The van der Waals surface area contributed by atoms with Crippen molar-refractivity contribution in [1.82, 2.24) is 4.57 Å². The van der Waals surface area contributed by atoms with E-state index in [1.165, 1.54) is 22.2 Å². The van der Waals surface area contributed by atoms with Crippen LogP contribution in [0.5, 0.6) is 0 Å². The smallest absolute Gasteiger partial charge is 0.338 e. The molecule has 3 aromatic rings. The summed E-state index contributed by atoms with van der Waals surface area (Å²) in [7, 11) is 3.95. The van der Waals surface area contributed by atoms with Crippen LogP contribution in [0, 0.1) is 0 Å². The van der Waals surface area contributed by atoms with Gasteiger partial charge < -0.3 is 14.1 Å². The van der Waals surface area contributed by atoms with E-state index < -0.39 is 12.0 Å². The summed E-state index contributed by atoms with van der Waals surface area (Å²) in [5.41, 5.74) is 2.59. The van der Waals surface area contributed by atoms with Gasteiger partial charge in [0.15, 0.2) is 4.80 Å². The average molecular weight is 438 g/mol. The van der Waals surface area contributed by atoms with Gasteiger partial charge in [-0.15, -0.1) is 0 Å². The third-order valence-corrected chi connectivity index (χ3v) is 6.02. The molecule has 8 heteroatoms. The first-order chi connectivity index (χ1) is 14.9. The van der Waals surface area contributed by atoms with Crippen LogP contribution >= 0.6 is 11.3 Å². The van der Waals surface area contributed by atoms with E-state index in [2.05, 4.69) is 4.99 Å². The summed E-state index contributed by atoms with van der Waals surface area (Å²) in [5, 5.41) is 0. The number of furan rings is 1. The van der Waals surface area contributed by atoms with Crippen molar-refractivity contribution in [2.24, 2.45) is 4.99 Å². The zero-order valence-corrected chi connectivity index (χ0v) is 18.6. The summed E-state index contributed by atoms with van der Waals surface area (Å²) in [6.45, 7) is 3.72. The quantitative estimate of drug-likeness (QED) is 0.573. The topological polar surface area (TPSA) is 77.0 Å². The van der Waals surface area contributed by atoms with Crippen molar-refractivity contribution >= 4 is 29.1 Å². The summed E-state index contributed by atoms with van der Waals surface area (Å²) >= 11 is 1.29. The first-order valence-corrected chi connectivity index (χ1v) is 10.7. The molecule has 1 unspecified atom stereocenters. The molecule has 160 valence electrons. The number of anilines is 1. The highest BCUT2D eigenvalue weighted by Crippen LogP contribution is 2.30. The summed E-state index contributed by atoms with van der Waals surface area (Å²) in [6, 6.07) is 10.7. The first kappa shape index (κ1) is 20.9. The monoisotopic (exact) mass is 437 g/mol. The molecule has 0 aliphatic carbocycles. The molecule has 0 radical (unpaired) electrons. The van der Waals surface area contributed by atoms with Gasteiger partial charge in [0, 0.05) is 19.8 Å². The zero-order valence-electron chi connectivity index (χ0n) is 17.8. The molecular formula is C23H23N3O4S. The largest absolute Gasteiger partial charge is 0.467 e. The van der Waals surface area contributed by atoms with Gasteiger partial charge in [0.2, 0.25) is 0 Å². The fraction of sp³-hybridized carbons (Fsp3) is 0.261. The van der Waals surface area contributed by atoms with E-state index in [0.29, 0.717) is 26.4 Å². The normalized spacial score (nSPS) is 16.1. The SMILES string of the molecule is CCOC(=O)C1=C(C)N=c2s/c(=C\c3ccc(N(C)C)cc3)c(=O)n2C1c1ccco1. The van der Waals surface area contributed by atoms with Gasteiger partial charge in [0.05, 0.1) is 28.7 Å². The standard InChI is InChI=1S/C23H23N3O4S/c1-5-29-22(28)19-14(2)24-23-26(20(19)17-7-6-12-30-17)21(27)18(31-23)13-15-8-10-16(11-9-15)25(3)4/h6-13,20H,5H2,1-4H3/b18-13-. The Kier molecular flexibility index (Phi) is 5.65. The van der Waals surface area contributed by atoms with E-state index in [1.54, 1.807) is 26.0 Å². The molecule has 1 aromatic carbocycles. The van der Waals surface area contributed by atoms with Gasteiger partial charge in [-0.1, -0.05) is 23.5 Å².